The van der Waals surface area contributed by atoms with Crippen molar-refractivity contribution in [2.45, 2.75) is 52.2 Å². The molecule has 2 atom stereocenters. The maximum Gasteiger partial charge on any atom is 0.230 e. The number of piperazine rings is 1. The van der Waals surface area contributed by atoms with Gasteiger partial charge in [-0.2, -0.15) is 0 Å². The average Bonchev–Trinajstić information content (AvgIpc) is 2.74. The third-order valence-corrected chi connectivity index (χ3v) is 3.48. The minimum Gasteiger partial charge on any atom is -0.424 e. The highest BCUT2D eigenvalue weighted by Gasteiger charge is 2.26. The SMILES string of the molecule is CCC1CN(Cc2nnc(C)o2)C(CC)CN1. The van der Waals surface area contributed by atoms with Crippen LogP contribution in [-0.2, 0) is 6.54 Å². The van der Waals surface area contributed by atoms with Gasteiger partial charge < -0.3 is 9.73 Å². The summed E-state index contributed by atoms with van der Waals surface area (Å²) in [6.07, 6.45) is 2.31. The normalized spacial score (nSPS) is 26.3. The first kappa shape index (κ1) is 12.5. The fourth-order valence-electron chi connectivity index (χ4n) is 2.37. The predicted molar refractivity (Wildman–Crippen MR) is 65.6 cm³/mol. The summed E-state index contributed by atoms with van der Waals surface area (Å²) < 4.78 is 5.46. The van der Waals surface area contributed by atoms with E-state index in [0.29, 0.717) is 18.0 Å². The van der Waals surface area contributed by atoms with Gasteiger partial charge in [0.15, 0.2) is 0 Å². The molecule has 17 heavy (non-hydrogen) atoms. The molecule has 2 heterocycles. The van der Waals surface area contributed by atoms with Crippen LogP contribution >= 0.6 is 0 Å². The minimum absolute atomic E-state index is 0.574. The summed E-state index contributed by atoms with van der Waals surface area (Å²) >= 11 is 0. The molecule has 0 aliphatic carbocycles. The Labute approximate surface area is 103 Å². The number of nitrogens with one attached hydrogen (secondary N) is 1. The van der Waals surface area contributed by atoms with Gasteiger partial charge in [0.25, 0.3) is 0 Å². The van der Waals surface area contributed by atoms with E-state index in [4.69, 9.17) is 4.42 Å². The predicted octanol–water partition coefficient (Wildman–Crippen LogP) is 1.34. The molecule has 0 saturated carbocycles. The third kappa shape index (κ3) is 3.04. The zero-order valence-electron chi connectivity index (χ0n) is 10.9. The molecule has 0 aromatic carbocycles. The average molecular weight is 238 g/mol. The summed E-state index contributed by atoms with van der Waals surface area (Å²) in [4.78, 5) is 2.46. The molecule has 2 unspecified atom stereocenters. The molecule has 1 aliphatic rings. The maximum atomic E-state index is 5.46. The Kier molecular flexibility index (Phi) is 4.12. The second-order valence-electron chi connectivity index (χ2n) is 4.72. The van der Waals surface area contributed by atoms with E-state index < -0.39 is 0 Å². The van der Waals surface area contributed by atoms with Gasteiger partial charge in [0, 0.05) is 32.1 Å². The monoisotopic (exact) mass is 238 g/mol. The van der Waals surface area contributed by atoms with Crippen molar-refractivity contribution in [1.29, 1.82) is 0 Å². The molecule has 1 aromatic rings. The second-order valence-corrected chi connectivity index (χ2v) is 4.72. The van der Waals surface area contributed by atoms with E-state index in [2.05, 4.69) is 34.3 Å². The van der Waals surface area contributed by atoms with Gasteiger partial charge >= 0.3 is 0 Å². The lowest BCUT2D eigenvalue weighted by Gasteiger charge is -2.39. The Morgan fingerprint density at radius 1 is 1.35 bits per heavy atom. The van der Waals surface area contributed by atoms with E-state index >= 15 is 0 Å². The molecule has 0 bridgehead atoms. The van der Waals surface area contributed by atoms with Crippen LogP contribution < -0.4 is 5.32 Å². The quantitative estimate of drug-likeness (QED) is 0.858. The molecule has 1 saturated heterocycles. The summed E-state index contributed by atoms with van der Waals surface area (Å²) in [6, 6.07) is 1.16. The highest BCUT2D eigenvalue weighted by atomic mass is 16.4. The van der Waals surface area contributed by atoms with Crippen molar-refractivity contribution in [2.24, 2.45) is 0 Å². The van der Waals surface area contributed by atoms with Crippen LogP contribution in [0.3, 0.4) is 0 Å². The lowest BCUT2D eigenvalue weighted by molar-refractivity contribution is 0.107. The van der Waals surface area contributed by atoms with Gasteiger partial charge in [0.1, 0.15) is 0 Å². The Hall–Kier alpha value is -0.940. The number of aromatic nitrogens is 2. The zero-order valence-corrected chi connectivity index (χ0v) is 10.9. The molecule has 96 valence electrons. The lowest BCUT2D eigenvalue weighted by atomic mass is 10.1. The Balaban J connectivity index is 2.00. The summed E-state index contributed by atoms with van der Waals surface area (Å²) in [5.41, 5.74) is 0. The fraction of sp³-hybridized carbons (Fsp3) is 0.833. The molecule has 5 nitrogen and oxygen atoms in total. The summed E-state index contributed by atoms with van der Waals surface area (Å²) in [7, 11) is 0. The van der Waals surface area contributed by atoms with Crippen LogP contribution in [0.2, 0.25) is 0 Å². The van der Waals surface area contributed by atoms with E-state index in [9.17, 15) is 0 Å². The number of hydrogen-bond acceptors (Lipinski definition) is 5. The highest BCUT2D eigenvalue weighted by Crippen LogP contribution is 2.15. The molecule has 0 radical (unpaired) electrons. The van der Waals surface area contributed by atoms with E-state index in [1.165, 1.54) is 0 Å². The van der Waals surface area contributed by atoms with Gasteiger partial charge in [-0.15, -0.1) is 10.2 Å². The van der Waals surface area contributed by atoms with E-state index in [1.54, 1.807) is 0 Å². The standard InChI is InChI=1S/C12H22N4O/c1-4-10-7-16(11(5-2)6-13-10)8-12-15-14-9(3)17-12/h10-11,13H,4-8H2,1-3H3. The van der Waals surface area contributed by atoms with E-state index in [0.717, 1.165) is 38.4 Å². The number of aryl methyl sites for hydroxylation is 1. The van der Waals surface area contributed by atoms with Crippen LogP contribution in [0.1, 0.15) is 38.5 Å². The molecule has 1 fully saturated rings. The third-order valence-electron chi connectivity index (χ3n) is 3.48. The van der Waals surface area contributed by atoms with Crippen LogP contribution in [0.15, 0.2) is 4.42 Å². The molecular formula is C12H22N4O. The minimum atomic E-state index is 0.574. The first-order valence-electron chi connectivity index (χ1n) is 6.49. The van der Waals surface area contributed by atoms with Crippen LogP contribution in [0.4, 0.5) is 0 Å². The van der Waals surface area contributed by atoms with Gasteiger partial charge in [-0.1, -0.05) is 13.8 Å². The fourth-order valence-corrected chi connectivity index (χ4v) is 2.37. The molecule has 1 aromatic heterocycles. The number of rotatable bonds is 4. The molecule has 0 spiro atoms. The summed E-state index contributed by atoms with van der Waals surface area (Å²) in [6.45, 7) is 9.18. The first-order valence-corrected chi connectivity index (χ1v) is 6.49. The van der Waals surface area contributed by atoms with Crippen LogP contribution in [-0.4, -0.2) is 40.3 Å². The van der Waals surface area contributed by atoms with Crippen LogP contribution in [0.25, 0.3) is 0 Å². The van der Waals surface area contributed by atoms with Gasteiger partial charge in [0.05, 0.1) is 6.54 Å². The van der Waals surface area contributed by atoms with Gasteiger partial charge in [-0.3, -0.25) is 4.90 Å². The number of hydrogen-bond donors (Lipinski definition) is 1. The van der Waals surface area contributed by atoms with Gasteiger partial charge in [-0.05, 0) is 12.8 Å². The zero-order chi connectivity index (χ0) is 12.3. The van der Waals surface area contributed by atoms with Crippen molar-refractivity contribution in [2.75, 3.05) is 13.1 Å². The topological polar surface area (TPSA) is 54.2 Å². The molecule has 5 heteroatoms. The lowest BCUT2D eigenvalue weighted by Crippen LogP contribution is -2.55. The van der Waals surface area contributed by atoms with E-state index in [1.807, 2.05) is 6.92 Å². The van der Waals surface area contributed by atoms with Crippen molar-refractivity contribution in [1.82, 2.24) is 20.4 Å². The molecule has 1 aliphatic heterocycles. The summed E-state index contributed by atoms with van der Waals surface area (Å²) in [5, 5.41) is 11.5. The van der Waals surface area contributed by atoms with Gasteiger partial charge in [-0.25, -0.2) is 0 Å². The summed E-state index contributed by atoms with van der Waals surface area (Å²) in [5.74, 6) is 1.38. The smallest absolute Gasteiger partial charge is 0.230 e. The van der Waals surface area contributed by atoms with Crippen molar-refractivity contribution in [3.63, 3.8) is 0 Å². The van der Waals surface area contributed by atoms with Crippen molar-refractivity contribution >= 4 is 0 Å². The Bertz CT molecular complexity index is 352. The molecule has 2 rings (SSSR count). The molecular weight excluding hydrogens is 216 g/mol. The largest absolute Gasteiger partial charge is 0.424 e. The van der Waals surface area contributed by atoms with E-state index in [-0.39, 0.29) is 0 Å². The van der Waals surface area contributed by atoms with Crippen molar-refractivity contribution in [3.05, 3.63) is 11.8 Å². The molecule has 0 amide bonds. The Morgan fingerprint density at radius 3 is 2.76 bits per heavy atom. The van der Waals surface area contributed by atoms with Gasteiger partial charge in [0.2, 0.25) is 11.8 Å². The maximum absolute atomic E-state index is 5.46. The highest BCUT2D eigenvalue weighted by molar-refractivity contribution is 4.88. The number of nitrogens with zero attached hydrogens (tertiary/aromatic N) is 3. The van der Waals surface area contributed by atoms with Crippen molar-refractivity contribution in [3.8, 4) is 0 Å². The Morgan fingerprint density at radius 2 is 2.18 bits per heavy atom. The molecule has 1 N–H and O–H groups in total. The van der Waals surface area contributed by atoms with Crippen molar-refractivity contribution < 1.29 is 4.42 Å². The second kappa shape index (κ2) is 5.60. The van der Waals surface area contributed by atoms with Crippen LogP contribution in [0.5, 0.6) is 0 Å². The first-order chi connectivity index (χ1) is 8.22. The van der Waals surface area contributed by atoms with Crippen LogP contribution in [0, 0.1) is 6.92 Å².